The van der Waals surface area contributed by atoms with E-state index in [1.807, 2.05) is 0 Å². The zero-order valence-electron chi connectivity index (χ0n) is 10.1. The van der Waals surface area contributed by atoms with Gasteiger partial charge in [0.05, 0.1) is 23.9 Å². The molecule has 2 aromatic rings. The third-order valence-electron chi connectivity index (χ3n) is 3.20. The molecule has 1 fully saturated rings. The van der Waals surface area contributed by atoms with Crippen LogP contribution in [-0.4, -0.2) is 53.4 Å². The van der Waals surface area contributed by atoms with Crippen molar-refractivity contribution in [3.8, 4) is 0 Å². The van der Waals surface area contributed by atoms with Crippen molar-refractivity contribution in [1.29, 1.82) is 0 Å². The molecule has 0 saturated carbocycles. The minimum Gasteiger partial charge on any atom is -0.394 e. The van der Waals surface area contributed by atoms with E-state index < -0.39 is 28.8 Å². The van der Waals surface area contributed by atoms with Gasteiger partial charge in [0.1, 0.15) is 6.10 Å². The summed E-state index contributed by atoms with van der Waals surface area (Å²) in [6.07, 6.45) is -0.874. The van der Waals surface area contributed by atoms with Gasteiger partial charge in [0.25, 0.3) is 5.56 Å². The molecule has 5 N–H and O–H groups in total. The second-order valence-electron chi connectivity index (χ2n) is 4.46. The number of ether oxygens (including phenoxy) is 1. The molecular weight excluding hydrogens is 334 g/mol. The minimum absolute atomic E-state index is 0.0346. The predicted octanol–water partition coefficient (Wildman–Crippen LogP) is -1.28. The number of H-pyrrole nitrogens is 1. The van der Waals surface area contributed by atoms with Crippen LogP contribution in [0.2, 0.25) is 0 Å². The molecule has 3 heterocycles. The smallest absolute Gasteiger partial charge is 0.280 e. The first-order chi connectivity index (χ1) is 9.52. The van der Waals surface area contributed by atoms with Crippen LogP contribution in [0.4, 0.5) is 5.95 Å². The third kappa shape index (κ3) is 1.92. The fraction of sp³-hybridized carbons (Fsp3) is 0.500. The lowest BCUT2D eigenvalue weighted by molar-refractivity contribution is -0.0430. The van der Waals surface area contributed by atoms with E-state index in [0.717, 1.165) is 0 Å². The van der Waals surface area contributed by atoms with Crippen molar-refractivity contribution in [1.82, 2.24) is 19.5 Å². The predicted molar refractivity (Wildman–Crippen MR) is 72.3 cm³/mol. The largest absolute Gasteiger partial charge is 0.394 e. The fourth-order valence-corrected chi connectivity index (χ4v) is 2.93. The second-order valence-corrected chi connectivity index (χ2v) is 5.52. The number of nitrogens with one attached hydrogen (secondary N) is 1. The first-order valence-electron chi connectivity index (χ1n) is 5.83. The number of nitrogens with two attached hydrogens (primary N) is 1. The molecule has 0 unspecified atom stereocenters. The fourth-order valence-electron chi connectivity index (χ4n) is 2.21. The van der Waals surface area contributed by atoms with Gasteiger partial charge in [-0.15, -0.1) is 0 Å². The van der Waals surface area contributed by atoms with E-state index in [9.17, 15) is 9.90 Å². The number of alkyl halides is 1. The molecule has 0 aromatic carbocycles. The van der Waals surface area contributed by atoms with Crippen molar-refractivity contribution in [3.05, 3.63) is 16.7 Å². The second kappa shape index (κ2) is 4.81. The third-order valence-corrected chi connectivity index (χ3v) is 4.19. The maximum absolute atomic E-state index is 11.7. The molecule has 0 aliphatic carbocycles. The normalized spacial score (nSPS) is 30.1. The Morgan fingerprint density at radius 3 is 3.00 bits per heavy atom. The van der Waals surface area contributed by atoms with Gasteiger partial charge in [0.2, 0.25) is 5.95 Å². The van der Waals surface area contributed by atoms with Gasteiger partial charge in [0, 0.05) is 0 Å². The summed E-state index contributed by atoms with van der Waals surface area (Å²) in [5, 5.41) is 19.1. The zero-order valence-corrected chi connectivity index (χ0v) is 11.7. The Bertz CT molecular complexity index is 701. The van der Waals surface area contributed by atoms with Crippen LogP contribution in [0, 0.1) is 0 Å². The van der Waals surface area contributed by atoms with Gasteiger partial charge < -0.3 is 20.7 Å². The van der Waals surface area contributed by atoms with E-state index in [1.54, 1.807) is 0 Å². The quantitative estimate of drug-likeness (QED) is 0.497. The number of rotatable bonds is 2. The summed E-state index contributed by atoms with van der Waals surface area (Å²) >= 11 is 3.32. The Labute approximate surface area is 120 Å². The molecule has 10 heteroatoms. The average Bonchev–Trinajstić information content (AvgIpc) is 2.93. The molecule has 1 aliphatic rings. The number of hydrogen-bond acceptors (Lipinski definition) is 7. The van der Waals surface area contributed by atoms with Gasteiger partial charge in [-0.2, -0.15) is 4.98 Å². The van der Waals surface area contributed by atoms with Crippen molar-refractivity contribution >= 4 is 33.0 Å². The lowest BCUT2D eigenvalue weighted by Gasteiger charge is -2.16. The molecule has 3 rings (SSSR count). The first kappa shape index (κ1) is 13.5. The highest BCUT2D eigenvalue weighted by Gasteiger charge is 2.43. The molecule has 2 aromatic heterocycles. The van der Waals surface area contributed by atoms with Crippen LogP contribution >= 0.6 is 15.9 Å². The van der Waals surface area contributed by atoms with E-state index in [4.69, 9.17) is 15.6 Å². The first-order valence-corrected chi connectivity index (χ1v) is 6.75. The molecular formula is C10H12BrN5O4. The molecule has 0 radical (unpaired) electrons. The highest BCUT2D eigenvalue weighted by atomic mass is 79.9. The number of fused-ring (bicyclic) bond motifs is 1. The summed E-state index contributed by atoms with van der Waals surface area (Å²) in [5.74, 6) is -0.0346. The molecule has 0 amide bonds. The number of anilines is 1. The van der Waals surface area contributed by atoms with E-state index >= 15 is 0 Å². The summed E-state index contributed by atoms with van der Waals surface area (Å²) < 4.78 is 7.05. The Morgan fingerprint density at radius 2 is 2.35 bits per heavy atom. The zero-order chi connectivity index (χ0) is 14.4. The number of nitrogen functional groups attached to an aromatic ring is 1. The number of aliphatic hydroxyl groups excluding tert-OH is 2. The number of nitrogens with zero attached hydrogens (tertiary/aromatic N) is 3. The Balaban J connectivity index is 2.09. The van der Waals surface area contributed by atoms with Crippen LogP contribution in [0.3, 0.4) is 0 Å². The molecule has 1 saturated heterocycles. The Morgan fingerprint density at radius 1 is 1.60 bits per heavy atom. The summed E-state index contributed by atoms with van der Waals surface area (Å²) in [4.78, 5) is 21.6. The maximum Gasteiger partial charge on any atom is 0.280 e. The summed E-state index contributed by atoms with van der Waals surface area (Å²) in [5.41, 5.74) is 5.45. The van der Waals surface area contributed by atoms with Gasteiger partial charge in [-0.05, 0) is 0 Å². The van der Waals surface area contributed by atoms with Crippen LogP contribution < -0.4 is 11.3 Å². The number of aromatic nitrogens is 4. The van der Waals surface area contributed by atoms with Crippen LogP contribution in [0.5, 0.6) is 0 Å². The standard InChI is InChI=1S/C10H12BrN5O4/c11-4-6(18)3(1-17)20-9(4)16-2-13-5-7(16)14-10(12)15-8(5)19/h2-4,6,9,17-18H,1H2,(H3,12,14,15,19)/t3-,4-,6-,9-/m1/s1. The summed E-state index contributed by atoms with van der Waals surface area (Å²) in [6.45, 7) is -0.317. The average molecular weight is 346 g/mol. The molecule has 1 aliphatic heterocycles. The molecule has 20 heavy (non-hydrogen) atoms. The van der Waals surface area contributed by atoms with Gasteiger partial charge in [-0.25, -0.2) is 4.98 Å². The van der Waals surface area contributed by atoms with Gasteiger partial charge in [0.15, 0.2) is 17.4 Å². The Hall–Kier alpha value is -1.49. The van der Waals surface area contributed by atoms with E-state index in [0.29, 0.717) is 0 Å². The molecule has 9 nitrogen and oxygen atoms in total. The number of aromatic amines is 1. The van der Waals surface area contributed by atoms with Crippen LogP contribution in [0.25, 0.3) is 11.2 Å². The SMILES string of the molecule is Nc1nc2c(ncn2[C@@H]2O[C@H](CO)[C@@H](O)[C@H]2Br)c(=O)[nH]1. The van der Waals surface area contributed by atoms with Crippen LogP contribution in [-0.2, 0) is 4.74 Å². The minimum atomic E-state index is -0.887. The summed E-state index contributed by atoms with van der Waals surface area (Å²) in [6, 6.07) is 0. The topological polar surface area (TPSA) is 139 Å². The van der Waals surface area contributed by atoms with Crippen molar-refractivity contribution in [2.75, 3.05) is 12.3 Å². The van der Waals surface area contributed by atoms with Crippen molar-refractivity contribution in [2.24, 2.45) is 0 Å². The van der Waals surface area contributed by atoms with E-state index in [1.165, 1.54) is 10.9 Å². The number of hydrogen-bond donors (Lipinski definition) is 4. The Kier molecular flexibility index (Phi) is 3.24. The van der Waals surface area contributed by atoms with Crippen LogP contribution in [0.1, 0.15) is 6.23 Å². The van der Waals surface area contributed by atoms with Gasteiger partial charge >= 0.3 is 0 Å². The van der Waals surface area contributed by atoms with Crippen LogP contribution in [0.15, 0.2) is 11.1 Å². The lowest BCUT2D eigenvalue weighted by atomic mass is 10.2. The molecule has 0 spiro atoms. The molecule has 0 bridgehead atoms. The molecule has 108 valence electrons. The van der Waals surface area contributed by atoms with Gasteiger partial charge in [-0.1, -0.05) is 15.9 Å². The number of halogens is 1. The highest BCUT2D eigenvalue weighted by Crippen LogP contribution is 2.35. The van der Waals surface area contributed by atoms with Crippen molar-refractivity contribution in [3.63, 3.8) is 0 Å². The van der Waals surface area contributed by atoms with Gasteiger partial charge in [-0.3, -0.25) is 14.3 Å². The lowest BCUT2D eigenvalue weighted by Crippen LogP contribution is -2.29. The monoisotopic (exact) mass is 345 g/mol. The number of aliphatic hydroxyl groups is 2. The van der Waals surface area contributed by atoms with E-state index in [-0.39, 0.29) is 23.7 Å². The summed E-state index contributed by atoms with van der Waals surface area (Å²) in [7, 11) is 0. The highest BCUT2D eigenvalue weighted by molar-refractivity contribution is 9.09. The van der Waals surface area contributed by atoms with Crippen molar-refractivity contribution in [2.45, 2.75) is 23.3 Å². The van der Waals surface area contributed by atoms with Crippen molar-refractivity contribution < 1.29 is 14.9 Å². The van der Waals surface area contributed by atoms with E-state index in [2.05, 4.69) is 30.9 Å². The maximum atomic E-state index is 11.7. The molecule has 4 atom stereocenters. The number of imidazole rings is 1.